The molecule has 2 aromatic rings. The van der Waals surface area contributed by atoms with Crippen LogP contribution in [0.3, 0.4) is 0 Å². The minimum absolute atomic E-state index is 0.926. The first-order chi connectivity index (χ1) is 8.65. The summed E-state index contributed by atoms with van der Waals surface area (Å²) in [5.74, 6) is 0. The van der Waals surface area contributed by atoms with Gasteiger partial charge in [0, 0.05) is 13.1 Å². The third-order valence-electron chi connectivity index (χ3n) is 3.23. The van der Waals surface area contributed by atoms with Gasteiger partial charge >= 0.3 is 0 Å². The molecule has 1 N–H and O–H groups in total. The van der Waals surface area contributed by atoms with Gasteiger partial charge in [-0.15, -0.1) is 0 Å². The molecule has 0 aliphatic rings. The van der Waals surface area contributed by atoms with Crippen molar-refractivity contribution < 1.29 is 0 Å². The Morgan fingerprint density at radius 3 is 2.33 bits per heavy atom. The minimum atomic E-state index is 0.926. The van der Waals surface area contributed by atoms with Gasteiger partial charge in [0.05, 0.1) is 0 Å². The zero-order valence-corrected chi connectivity index (χ0v) is 11.5. The maximum Gasteiger partial charge on any atom is 0.0211 e. The van der Waals surface area contributed by atoms with Gasteiger partial charge < -0.3 is 5.32 Å². The van der Waals surface area contributed by atoms with E-state index >= 15 is 0 Å². The predicted molar refractivity (Wildman–Crippen MR) is 77.6 cm³/mol. The van der Waals surface area contributed by atoms with E-state index < -0.39 is 0 Å². The highest BCUT2D eigenvalue weighted by atomic mass is 14.8. The summed E-state index contributed by atoms with van der Waals surface area (Å²) >= 11 is 0. The van der Waals surface area contributed by atoms with Gasteiger partial charge in [0.1, 0.15) is 0 Å². The van der Waals surface area contributed by atoms with E-state index in [1.54, 1.807) is 0 Å². The van der Waals surface area contributed by atoms with Crippen LogP contribution in [0.1, 0.15) is 27.8 Å². The number of hydrogen-bond donors (Lipinski definition) is 1. The Hall–Kier alpha value is -1.60. The van der Waals surface area contributed by atoms with E-state index in [0.717, 1.165) is 13.1 Å². The summed E-state index contributed by atoms with van der Waals surface area (Å²) in [7, 11) is 0. The van der Waals surface area contributed by atoms with Crippen molar-refractivity contribution in [3.8, 4) is 0 Å². The number of hydrogen-bond acceptors (Lipinski definition) is 1. The van der Waals surface area contributed by atoms with E-state index in [-0.39, 0.29) is 0 Å². The second kappa shape index (κ2) is 5.83. The van der Waals surface area contributed by atoms with Crippen molar-refractivity contribution in [2.75, 3.05) is 0 Å². The lowest BCUT2D eigenvalue weighted by molar-refractivity contribution is 0.690. The zero-order chi connectivity index (χ0) is 13.0. The van der Waals surface area contributed by atoms with Crippen LogP contribution in [0.5, 0.6) is 0 Å². The fourth-order valence-electron chi connectivity index (χ4n) is 2.21. The maximum atomic E-state index is 3.51. The molecule has 0 radical (unpaired) electrons. The van der Waals surface area contributed by atoms with Crippen LogP contribution in [0.25, 0.3) is 0 Å². The molecule has 2 rings (SSSR count). The summed E-state index contributed by atoms with van der Waals surface area (Å²) in [6.45, 7) is 8.30. The van der Waals surface area contributed by atoms with Gasteiger partial charge in [0.15, 0.2) is 0 Å². The van der Waals surface area contributed by atoms with Crippen LogP contribution in [-0.2, 0) is 13.1 Å². The maximum absolute atomic E-state index is 3.51. The molecule has 2 aromatic carbocycles. The predicted octanol–water partition coefficient (Wildman–Crippen LogP) is 3.90. The van der Waals surface area contributed by atoms with E-state index in [9.17, 15) is 0 Å². The van der Waals surface area contributed by atoms with Crippen LogP contribution in [0.15, 0.2) is 42.5 Å². The van der Waals surface area contributed by atoms with E-state index in [4.69, 9.17) is 0 Å². The molecular weight excluding hydrogens is 218 g/mol. The zero-order valence-electron chi connectivity index (χ0n) is 11.5. The molecule has 0 saturated heterocycles. The average molecular weight is 239 g/mol. The molecule has 0 aliphatic carbocycles. The fraction of sp³-hybridized carbons (Fsp3) is 0.294. The quantitative estimate of drug-likeness (QED) is 0.853. The van der Waals surface area contributed by atoms with Gasteiger partial charge in [-0.2, -0.15) is 0 Å². The molecular formula is C17H21N. The molecule has 1 heteroatoms. The second-order valence-electron chi connectivity index (χ2n) is 5.02. The fourth-order valence-corrected chi connectivity index (χ4v) is 2.21. The second-order valence-corrected chi connectivity index (χ2v) is 5.02. The van der Waals surface area contributed by atoms with Crippen molar-refractivity contribution in [3.63, 3.8) is 0 Å². The largest absolute Gasteiger partial charge is 0.309 e. The molecule has 0 bridgehead atoms. The minimum Gasteiger partial charge on any atom is -0.309 e. The van der Waals surface area contributed by atoms with Gasteiger partial charge in [0.25, 0.3) is 0 Å². The summed E-state index contributed by atoms with van der Waals surface area (Å²) in [5, 5.41) is 3.51. The van der Waals surface area contributed by atoms with Crippen LogP contribution in [-0.4, -0.2) is 0 Å². The SMILES string of the molecule is Cc1cccc(CNCc2ccc(C)cc2C)c1. The molecule has 94 valence electrons. The Kier molecular flexibility index (Phi) is 4.16. The summed E-state index contributed by atoms with van der Waals surface area (Å²) < 4.78 is 0. The molecule has 0 atom stereocenters. The average Bonchev–Trinajstić information content (AvgIpc) is 2.32. The monoisotopic (exact) mass is 239 g/mol. The first-order valence-electron chi connectivity index (χ1n) is 6.47. The van der Waals surface area contributed by atoms with Gasteiger partial charge in [-0.1, -0.05) is 53.6 Å². The van der Waals surface area contributed by atoms with Crippen LogP contribution < -0.4 is 5.32 Å². The Bertz CT molecular complexity index is 529. The Morgan fingerprint density at radius 2 is 1.61 bits per heavy atom. The number of nitrogens with one attached hydrogen (secondary N) is 1. The first-order valence-corrected chi connectivity index (χ1v) is 6.47. The Balaban J connectivity index is 1.92. The number of aryl methyl sites for hydroxylation is 3. The van der Waals surface area contributed by atoms with Crippen molar-refractivity contribution in [2.45, 2.75) is 33.9 Å². The molecule has 0 heterocycles. The van der Waals surface area contributed by atoms with Crippen molar-refractivity contribution in [1.82, 2.24) is 5.32 Å². The van der Waals surface area contributed by atoms with E-state index in [1.807, 2.05) is 0 Å². The van der Waals surface area contributed by atoms with Crippen LogP contribution in [0, 0.1) is 20.8 Å². The van der Waals surface area contributed by atoms with Gasteiger partial charge in [-0.3, -0.25) is 0 Å². The summed E-state index contributed by atoms with van der Waals surface area (Å²) in [5.41, 5.74) is 6.75. The van der Waals surface area contributed by atoms with Crippen molar-refractivity contribution in [3.05, 3.63) is 70.3 Å². The molecule has 0 amide bonds. The lowest BCUT2D eigenvalue weighted by atomic mass is 10.1. The van der Waals surface area contributed by atoms with Crippen molar-refractivity contribution >= 4 is 0 Å². The van der Waals surface area contributed by atoms with Crippen molar-refractivity contribution in [2.24, 2.45) is 0 Å². The van der Waals surface area contributed by atoms with Gasteiger partial charge in [-0.25, -0.2) is 0 Å². The lowest BCUT2D eigenvalue weighted by Gasteiger charge is -2.09. The smallest absolute Gasteiger partial charge is 0.0211 e. The molecule has 0 spiro atoms. The van der Waals surface area contributed by atoms with Gasteiger partial charge in [0.2, 0.25) is 0 Å². The number of rotatable bonds is 4. The molecule has 0 aromatic heterocycles. The normalized spacial score (nSPS) is 10.6. The molecule has 0 fully saturated rings. The van der Waals surface area contributed by atoms with E-state index in [1.165, 1.54) is 27.8 Å². The highest BCUT2D eigenvalue weighted by molar-refractivity contribution is 5.30. The molecule has 0 unspecified atom stereocenters. The number of benzene rings is 2. The summed E-state index contributed by atoms with van der Waals surface area (Å²) in [6, 6.07) is 15.3. The molecule has 18 heavy (non-hydrogen) atoms. The third kappa shape index (κ3) is 3.44. The van der Waals surface area contributed by atoms with Crippen molar-refractivity contribution in [1.29, 1.82) is 0 Å². The Labute approximate surface area is 110 Å². The summed E-state index contributed by atoms with van der Waals surface area (Å²) in [6.07, 6.45) is 0. The highest BCUT2D eigenvalue weighted by Gasteiger charge is 1.98. The Morgan fingerprint density at radius 1 is 0.833 bits per heavy atom. The van der Waals surface area contributed by atoms with Gasteiger partial charge in [-0.05, 0) is 37.5 Å². The van der Waals surface area contributed by atoms with Crippen LogP contribution in [0.4, 0.5) is 0 Å². The van der Waals surface area contributed by atoms with E-state index in [0.29, 0.717) is 0 Å². The summed E-state index contributed by atoms with van der Waals surface area (Å²) in [4.78, 5) is 0. The van der Waals surface area contributed by atoms with Crippen LogP contribution >= 0.6 is 0 Å². The highest BCUT2D eigenvalue weighted by Crippen LogP contribution is 2.10. The lowest BCUT2D eigenvalue weighted by Crippen LogP contribution is -2.13. The molecule has 0 saturated carbocycles. The molecule has 0 aliphatic heterocycles. The molecule has 1 nitrogen and oxygen atoms in total. The van der Waals surface area contributed by atoms with E-state index in [2.05, 4.69) is 68.6 Å². The van der Waals surface area contributed by atoms with Crippen LogP contribution in [0.2, 0.25) is 0 Å². The standard InChI is InChI=1S/C17H21N/c1-13-5-4-6-16(10-13)11-18-12-17-8-7-14(2)9-15(17)3/h4-10,18H,11-12H2,1-3H3. The third-order valence-corrected chi connectivity index (χ3v) is 3.23. The first kappa shape index (κ1) is 12.8. The topological polar surface area (TPSA) is 12.0 Å².